The van der Waals surface area contributed by atoms with Gasteiger partial charge in [-0.25, -0.2) is 9.97 Å². The molecule has 10 heteroatoms. The third-order valence-electron chi connectivity index (χ3n) is 7.96. The van der Waals surface area contributed by atoms with Crippen LogP contribution in [-0.2, 0) is 10.3 Å². The molecule has 0 spiro atoms. The first kappa shape index (κ1) is 22.5. The molecule has 0 aliphatic carbocycles. The summed E-state index contributed by atoms with van der Waals surface area (Å²) in [5.74, 6) is 1.45. The summed E-state index contributed by atoms with van der Waals surface area (Å²) in [6.07, 6.45) is 7.95. The quantitative estimate of drug-likeness (QED) is 0.583. The van der Waals surface area contributed by atoms with Crippen LogP contribution in [0.15, 0.2) is 36.8 Å². The number of fused-ring (bicyclic) bond motifs is 3. The number of aromatic nitrogens is 4. The molecule has 3 fully saturated rings. The summed E-state index contributed by atoms with van der Waals surface area (Å²) < 4.78 is 2.04. The van der Waals surface area contributed by atoms with E-state index in [1.165, 1.54) is 12.8 Å². The Labute approximate surface area is 210 Å². The lowest BCUT2D eigenvalue weighted by Crippen LogP contribution is -2.57. The molecule has 0 saturated carbocycles. The third kappa shape index (κ3) is 3.81. The van der Waals surface area contributed by atoms with Crippen molar-refractivity contribution in [1.82, 2.24) is 29.6 Å². The van der Waals surface area contributed by atoms with Gasteiger partial charge < -0.3 is 24.4 Å². The highest BCUT2D eigenvalue weighted by Gasteiger charge is 2.41. The Hall–Kier alpha value is -2.91. The summed E-state index contributed by atoms with van der Waals surface area (Å²) in [4.78, 5) is 33.5. The van der Waals surface area contributed by atoms with E-state index in [2.05, 4.69) is 38.9 Å². The molecule has 3 aliphatic heterocycles. The van der Waals surface area contributed by atoms with Gasteiger partial charge in [-0.15, -0.1) is 0 Å². The minimum absolute atomic E-state index is 0.108. The van der Waals surface area contributed by atoms with E-state index in [9.17, 15) is 4.79 Å². The number of halogens is 1. The van der Waals surface area contributed by atoms with Crippen molar-refractivity contribution in [3.63, 3.8) is 0 Å². The van der Waals surface area contributed by atoms with Gasteiger partial charge in [0, 0.05) is 51.5 Å². The molecule has 0 radical (unpaired) electrons. The standard InChI is InChI=1S/C25H31ClN8O/c1-25(2,20-11-27-21-6-4-5-9-34(20)21)31(3)23(35)16-12-32(13-16)22-19(26)10-28-24(30-22)33-14-17-7-8-18(15-33)29-17/h4-6,9-11,16-18,29H,7-8,12-15H2,1-3H3. The van der Waals surface area contributed by atoms with Gasteiger partial charge in [-0.05, 0) is 38.8 Å². The minimum Gasteiger partial charge on any atom is -0.353 e. The number of carbonyl (C=O) groups is 1. The molecule has 9 nitrogen and oxygen atoms in total. The van der Waals surface area contributed by atoms with Crippen LogP contribution >= 0.6 is 11.6 Å². The Morgan fingerprint density at radius 3 is 2.57 bits per heavy atom. The fraction of sp³-hybridized carbons (Fsp3) is 0.520. The molecule has 3 aromatic rings. The zero-order valence-corrected chi connectivity index (χ0v) is 21.1. The first-order chi connectivity index (χ1) is 16.8. The van der Waals surface area contributed by atoms with Crippen LogP contribution in [0.2, 0.25) is 5.02 Å². The van der Waals surface area contributed by atoms with Crippen molar-refractivity contribution in [3.8, 4) is 0 Å². The van der Waals surface area contributed by atoms with Gasteiger partial charge in [0.05, 0.1) is 29.5 Å². The number of anilines is 2. The van der Waals surface area contributed by atoms with Crippen molar-refractivity contribution < 1.29 is 4.79 Å². The van der Waals surface area contributed by atoms with E-state index in [0.29, 0.717) is 30.2 Å². The lowest BCUT2D eigenvalue weighted by Gasteiger charge is -2.44. The lowest BCUT2D eigenvalue weighted by molar-refractivity contribution is -0.140. The number of piperazine rings is 1. The van der Waals surface area contributed by atoms with Crippen molar-refractivity contribution in [2.24, 2.45) is 5.92 Å². The van der Waals surface area contributed by atoms with E-state index in [1.807, 2.05) is 46.9 Å². The van der Waals surface area contributed by atoms with E-state index in [4.69, 9.17) is 16.6 Å². The smallest absolute Gasteiger partial charge is 0.229 e. The molecular weight excluding hydrogens is 464 g/mol. The number of amides is 1. The SMILES string of the molecule is CN(C(=O)C1CN(c2nc(N3CC4CCC(C3)N4)ncc2Cl)C1)C(C)(C)c1cnc2ccccn12. The maximum absolute atomic E-state index is 13.4. The van der Waals surface area contributed by atoms with Crippen molar-refractivity contribution in [2.45, 2.75) is 44.3 Å². The molecular formula is C25H31ClN8O. The Balaban J connectivity index is 1.15. The molecule has 1 amide bonds. The number of pyridine rings is 1. The molecule has 2 atom stereocenters. The molecule has 6 heterocycles. The fourth-order valence-corrected chi connectivity index (χ4v) is 5.81. The van der Waals surface area contributed by atoms with E-state index in [-0.39, 0.29) is 11.8 Å². The summed E-state index contributed by atoms with van der Waals surface area (Å²) in [6, 6.07) is 6.93. The van der Waals surface area contributed by atoms with Crippen LogP contribution in [-0.4, -0.2) is 75.5 Å². The second kappa shape index (κ2) is 8.34. The molecule has 0 aromatic carbocycles. The van der Waals surface area contributed by atoms with E-state index in [1.54, 1.807) is 6.20 Å². The van der Waals surface area contributed by atoms with Gasteiger partial charge in [0.15, 0.2) is 5.82 Å². The van der Waals surface area contributed by atoms with E-state index < -0.39 is 5.54 Å². The van der Waals surface area contributed by atoms with Crippen molar-refractivity contribution in [3.05, 3.63) is 47.5 Å². The highest BCUT2D eigenvalue weighted by atomic mass is 35.5. The van der Waals surface area contributed by atoms with Gasteiger partial charge in [-0.1, -0.05) is 17.7 Å². The van der Waals surface area contributed by atoms with Crippen LogP contribution in [0.4, 0.5) is 11.8 Å². The first-order valence-corrected chi connectivity index (χ1v) is 12.7. The van der Waals surface area contributed by atoms with Crippen LogP contribution in [0, 0.1) is 5.92 Å². The highest BCUT2D eigenvalue weighted by molar-refractivity contribution is 6.32. The second-order valence-electron chi connectivity index (χ2n) is 10.5. The lowest BCUT2D eigenvalue weighted by atomic mass is 9.93. The second-order valence-corrected chi connectivity index (χ2v) is 10.9. The maximum atomic E-state index is 13.4. The molecule has 3 saturated heterocycles. The molecule has 2 bridgehead atoms. The van der Waals surface area contributed by atoms with Crippen molar-refractivity contribution in [1.29, 1.82) is 0 Å². The Morgan fingerprint density at radius 2 is 1.83 bits per heavy atom. The van der Waals surface area contributed by atoms with Gasteiger partial charge >= 0.3 is 0 Å². The number of hydrogen-bond acceptors (Lipinski definition) is 7. The average molecular weight is 495 g/mol. The summed E-state index contributed by atoms with van der Waals surface area (Å²) in [5, 5.41) is 4.17. The number of carbonyl (C=O) groups excluding carboxylic acids is 1. The summed E-state index contributed by atoms with van der Waals surface area (Å²) in [5.41, 5.74) is 1.34. The fourth-order valence-electron chi connectivity index (χ4n) is 5.60. The number of nitrogens with zero attached hydrogens (tertiary/aromatic N) is 7. The maximum Gasteiger partial charge on any atom is 0.229 e. The van der Waals surface area contributed by atoms with Gasteiger partial charge in [-0.3, -0.25) is 4.79 Å². The van der Waals surface area contributed by atoms with Crippen LogP contribution in [0.25, 0.3) is 5.65 Å². The van der Waals surface area contributed by atoms with Crippen LogP contribution in [0.3, 0.4) is 0 Å². The van der Waals surface area contributed by atoms with Crippen LogP contribution in [0.5, 0.6) is 0 Å². The molecule has 2 unspecified atom stereocenters. The summed E-state index contributed by atoms with van der Waals surface area (Å²) >= 11 is 6.50. The van der Waals surface area contributed by atoms with Crippen LogP contribution in [0.1, 0.15) is 32.4 Å². The zero-order chi connectivity index (χ0) is 24.3. The zero-order valence-electron chi connectivity index (χ0n) is 20.4. The molecule has 3 aliphatic rings. The topological polar surface area (TPSA) is 81.9 Å². The molecule has 1 N–H and O–H groups in total. The highest BCUT2D eigenvalue weighted by Crippen LogP contribution is 2.35. The molecule has 35 heavy (non-hydrogen) atoms. The first-order valence-electron chi connectivity index (χ1n) is 12.3. The Morgan fingerprint density at radius 1 is 1.09 bits per heavy atom. The predicted octanol–water partition coefficient (Wildman–Crippen LogP) is 2.55. The van der Waals surface area contributed by atoms with E-state index >= 15 is 0 Å². The normalized spacial score (nSPS) is 22.5. The monoisotopic (exact) mass is 494 g/mol. The largest absolute Gasteiger partial charge is 0.353 e. The summed E-state index contributed by atoms with van der Waals surface area (Å²) in [6.45, 7) is 7.15. The Bertz CT molecular complexity index is 1260. The number of nitrogens with one attached hydrogen (secondary N) is 1. The van der Waals surface area contributed by atoms with Gasteiger partial charge in [0.2, 0.25) is 11.9 Å². The average Bonchev–Trinajstić information content (AvgIpc) is 3.41. The Kier molecular flexibility index (Phi) is 5.37. The predicted molar refractivity (Wildman–Crippen MR) is 136 cm³/mol. The van der Waals surface area contributed by atoms with Crippen LogP contribution < -0.4 is 15.1 Å². The number of imidazole rings is 1. The molecule has 6 rings (SSSR count). The van der Waals surface area contributed by atoms with Gasteiger partial charge in [-0.2, -0.15) is 4.98 Å². The molecule has 184 valence electrons. The van der Waals surface area contributed by atoms with Gasteiger partial charge in [0.1, 0.15) is 10.7 Å². The minimum atomic E-state index is -0.514. The number of rotatable bonds is 5. The van der Waals surface area contributed by atoms with Gasteiger partial charge in [0.25, 0.3) is 0 Å². The third-order valence-corrected chi connectivity index (χ3v) is 8.22. The molecule has 3 aromatic heterocycles. The number of hydrogen-bond donors (Lipinski definition) is 1. The summed E-state index contributed by atoms with van der Waals surface area (Å²) in [7, 11) is 1.88. The van der Waals surface area contributed by atoms with Crippen molar-refractivity contribution >= 4 is 34.9 Å². The van der Waals surface area contributed by atoms with Crippen molar-refractivity contribution in [2.75, 3.05) is 43.0 Å². The van der Waals surface area contributed by atoms with E-state index in [0.717, 1.165) is 36.2 Å².